The van der Waals surface area contributed by atoms with E-state index in [0.717, 1.165) is 78.9 Å². The number of rotatable bonds is 12. The van der Waals surface area contributed by atoms with E-state index in [0.29, 0.717) is 0 Å². The van der Waals surface area contributed by atoms with Crippen LogP contribution >= 0.6 is 0 Å². The van der Waals surface area contributed by atoms with Gasteiger partial charge in [-0.1, -0.05) is 26.7 Å². The van der Waals surface area contributed by atoms with Crippen molar-refractivity contribution in [2.75, 3.05) is 92.0 Å². The average Bonchev–Trinajstić information content (AvgIpc) is 2.75. The van der Waals surface area contributed by atoms with E-state index >= 15 is 0 Å². The van der Waals surface area contributed by atoms with Crippen LogP contribution in [0.25, 0.3) is 0 Å². The number of unbranched alkanes of at least 4 members (excludes halogenated alkanes) is 2. The number of morpholine rings is 2. The molecule has 2 aliphatic rings. The Hall–Kier alpha value is -0.630. The van der Waals surface area contributed by atoms with Gasteiger partial charge in [-0.05, 0) is 12.8 Å². The molecule has 0 N–H and O–H groups in total. The van der Waals surface area contributed by atoms with E-state index < -0.39 is 14.5 Å². The molecule has 35 heavy (non-hydrogen) atoms. The van der Waals surface area contributed by atoms with Crippen LogP contribution in [0.15, 0.2) is 0 Å². The quantitative estimate of drug-likeness (QED) is 0.155. The van der Waals surface area contributed by atoms with Gasteiger partial charge in [-0.2, -0.15) is 0 Å². The Morgan fingerprint density at radius 1 is 0.571 bits per heavy atom. The second-order valence-electron chi connectivity index (χ2n) is 9.01. The van der Waals surface area contributed by atoms with E-state index in [1.807, 2.05) is 0 Å². The normalized spacial score (nSPS) is 19.7. The summed E-state index contributed by atoms with van der Waals surface area (Å²) in [4.78, 5) is 0. The van der Waals surface area contributed by atoms with Gasteiger partial charge in [0.2, 0.25) is 0 Å². The van der Waals surface area contributed by atoms with E-state index in [4.69, 9.17) is 14.2 Å². The minimum atomic E-state index is -6.00. The van der Waals surface area contributed by atoms with E-state index in [2.05, 4.69) is 13.8 Å². The van der Waals surface area contributed by atoms with Crippen molar-refractivity contribution in [3.05, 3.63) is 0 Å². The average molecular weight is 532 g/mol. The fraction of sp³-hybridized carbons (Fsp3) is 1.00. The van der Waals surface area contributed by atoms with E-state index in [1.165, 1.54) is 47.7 Å². The van der Waals surface area contributed by atoms with Crippen LogP contribution < -0.4 is 0 Å². The van der Waals surface area contributed by atoms with Gasteiger partial charge in [-0.3, -0.25) is 0 Å². The molecule has 15 heteroatoms. The number of halogens is 8. The summed E-state index contributed by atoms with van der Waals surface area (Å²) in [5, 5.41) is 0. The molecule has 2 heterocycles. The molecule has 0 radical (unpaired) electrons. The molecule has 0 aromatic carbocycles. The van der Waals surface area contributed by atoms with Crippen molar-refractivity contribution in [3.63, 3.8) is 0 Å². The van der Waals surface area contributed by atoms with Crippen LogP contribution in [0.5, 0.6) is 0 Å². The third-order valence-corrected chi connectivity index (χ3v) is 6.23. The summed E-state index contributed by atoms with van der Waals surface area (Å²) in [7, 11) is -12.0. The molecule has 0 unspecified atom stereocenters. The number of hydrogen-bond donors (Lipinski definition) is 0. The van der Waals surface area contributed by atoms with Crippen molar-refractivity contribution in [1.29, 1.82) is 0 Å². The summed E-state index contributed by atoms with van der Waals surface area (Å²) in [6.07, 6.45) is 5.19. The molecular weight excluding hydrogens is 490 g/mol. The Labute approximate surface area is 204 Å². The minimum absolute atomic E-state index is 0.897. The van der Waals surface area contributed by atoms with E-state index in [-0.39, 0.29) is 0 Å². The Morgan fingerprint density at radius 2 is 0.857 bits per heavy atom. The van der Waals surface area contributed by atoms with Crippen LogP contribution in [-0.2, 0) is 14.2 Å². The third-order valence-electron chi connectivity index (χ3n) is 6.23. The maximum atomic E-state index is 9.75. The highest BCUT2D eigenvalue weighted by molar-refractivity contribution is 6.50. The molecule has 0 bridgehead atoms. The molecule has 212 valence electrons. The van der Waals surface area contributed by atoms with Gasteiger partial charge in [0.15, 0.2) is 0 Å². The number of quaternary nitrogens is 2. The van der Waals surface area contributed by atoms with Crippen molar-refractivity contribution in [1.82, 2.24) is 0 Å². The highest BCUT2D eigenvalue weighted by atomic mass is 19.5. The van der Waals surface area contributed by atoms with Crippen molar-refractivity contribution >= 4 is 14.5 Å². The van der Waals surface area contributed by atoms with Crippen molar-refractivity contribution < 1.29 is 57.7 Å². The van der Waals surface area contributed by atoms with Crippen LogP contribution in [-0.4, -0.2) is 115 Å². The Kier molecular flexibility index (Phi) is 17.4. The molecule has 0 saturated carbocycles. The fourth-order valence-corrected chi connectivity index (χ4v) is 4.18. The summed E-state index contributed by atoms with van der Waals surface area (Å²) in [5.41, 5.74) is 0. The van der Waals surface area contributed by atoms with Crippen LogP contribution in [0.4, 0.5) is 34.5 Å². The first kappa shape index (κ1) is 34.4. The topological polar surface area (TPSA) is 27.7 Å². The van der Waals surface area contributed by atoms with Gasteiger partial charge in [0.1, 0.15) is 39.3 Å². The number of nitrogens with zero attached hydrogens (tertiary/aromatic N) is 2. The maximum Gasteiger partial charge on any atom is 0.673 e. The van der Waals surface area contributed by atoms with Gasteiger partial charge < -0.3 is 57.7 Å². The zero-order chi connectivity index (χ0) is 26.8. The molecule has 0 spiro atoms. The third kappa shape index (κ3) is 21.2. The zero-order valence-corrected chi connectivity index (χ0v) is 21.0. The molecule has 2 saturated heterocycles. The Bertz CT molecular complexity index is 464. The van der Waals surface area contributed by atoms with Crippen molar-refractivity contribution in [3.8, 4) is 0 Å². The Morgan fingerprint density at radius 3 is 1.11 bits per heavy atom. The SMILES string of the molecule is CCCC[N+]1(CCOCC[N+]2(CCCC)CCOCC2)CCOCC1.F[B-](F)(F)F.F[B-](F)(F)F. The van der Waals surface area contributed by atoms with Gasteiger partial charge in [0.25, 0.3) is 0 Å². The first-order chi connectivity index (χ1) is 16.2. The lowest BCUT2D eigenvalue weighted by atomic mass is 10.2. The van der Waals surface area contributed by atoms with Crippen LogP contribution in [0.1, 0.15) is 39.5 Å². The first-order valence-electron chi connectivity index (χ1n) is 12.4. The molecule has 2 fully saturated rings. The summed E-state index contributed by atoms with van der Waals surface area (Å²) < 4.78 is 97.7. The fourth-order valence-electron chi connectivity index (χ4n) is 4.18. The van der Waals surface area contributed by atoms with Crippen molar-refractivity contribution in [2.45, 2.75) is 39.5 Å². The molecule has 0 aromatic rings. The van der Waals surface area contributed by atoms with Gasteiger partial charge in [0, 0.05) is 0 Å². The minimum Gasteiger partial charge on any atom is -0.418 e. The van der Waals surface area contributed by atoms with Gasteiger partial charge in [-0.15, -0.1) is 0 Å². The van der Waals surface area contributed by atoms with Crippen LogP contribution in [0.3, 0.4) is 0 Å². The zero-order valence-electron chi connectivity index (χ0n) is 21.0. The Balaban J connectivity index is 0.000000975. The van der Waals surface area contributed by atoms with Gasteiger partial charge in [0.05, 0.1) is 52.7 Å². The predicted molar refractivity (Wildman–Crippen MR) is 122 cm³/mol. The monoisotopic (exact) mass is 532 g/mol. The maximum absolute atomic E-state index is 9.75. The molecular formula is C20H42B2F8N2O3. The first-order valence-corrected chi connectivity index (χ1v) is 12.4. The largest absolute Gasteiger partial charge is 0.673 e. The molecule has 0 atom stereocenters. The smallest absolute Gasteiger partial charge is 0.418 e. The van der Waals surface area contributed by atoms with Crippen LogP contribution in [0, 0.1) is 0 Å². The van der Waals surface area contributed by atoms with E-state index in [9.17, 15) is 34.5 Å². The van der Waals surface area contributed by atoms with Gasteiger partial charge in [-0.25, -0.2) is 0 Å². The highest BCUT2D eigenvalue weighted by Gasteiger charge is 2.31. The molecule has 0 aromatic heterocycles. The number of ether oxygens (including phenoxy) is 3. The second-order valence-corrected chi connectivity index (χ2v) is 9.01. The lowest BCUT2D eigenvalue weighted by Gasteiger charge is -2.42. The molecule has 5 nitrogen and oxygen atoms in total. The van der Waals surface area contributed by atoms with Crippen molar-refractivity contribution in [2.24, 2.45) is 0 Å². The standard InChI is InChI=1S/C20H42N2O3.2BF4/c1-3-5-7-21(9-15-23-16-10-21)13-19-25-20-14-22(8-6-4-2)11-17-24-18-12-22;2*2-1(3,4)5/h3-20H2,1-2H3;;/q+2;2*-1. The molecule has 2 aliphatic heterocycles. The summed E-state index contributed by atoms with van der Waals surface area (Å²) >= 11 is 0. The second kappa shape index (κ2) is 17.8. The molecule has 2 rings (SSSR count). The van der Waals surface area contributed by atoms with Gasteiger partial charge >= 0.3 is 14.5 Å². The molecule has 0 amide bonds. The highest BCUT2D eigenvalue weighted by Crippen LogP contribution is 2.15. The summed E-state index contributed by atoms with van der Waals surface area (Å²) in [5.74, 6) is 0. The molecule has 0 aliphatic carbocycles. The predicted octanol–water partition coefficient (Wildman–Crippen LogP) is 4.90. The lowest BCUT2D eigenvalue weighted by Crippen LogP contribution is -2.58. The number of hydrogen-bond acceptors (Lipinski definition) is 3. The lowest BCUT2D eigenvalue weighted by molar-refractivity contribution is -0.938. The summed E-state index contributed by atoms with van der Waals surface area (Å²) in [6.45, 7) is 19.6. The van der Waals surface area contributed by atoms with E-state index in [1.54, 1.807) is 0 Å². The van der Waals surface area contributed by atoms with Crippen LogP contribution in [0.2, 0.25) is 0 Å². The summed E-state index contributed by atoms with van der Waals surface area (Å²) in [6, 6.07) is 0.